The molecule has 7 nitrogen and oxygen atoms in total. The summed E-state index contributed by atoms with van der Waals surface area (Å²) in [5, 5.41) is 2.86. The Balaban J connectivity index is 1.45. The normalized spacial score (nSPS) is 19.6. The van der Waals surface area contributed by atoms with E-state index in [0.29, 0.717) is 62.1 Å². The number of rotatable bonds is 6. The van der Waals surface area contributed by atoms with Gasteiger partial charge in [0.2, 0.25) is 12.1 Å². The number of hydrogen-bond donors (Lipinski definition) is 1. The van der Waals surface area contributed by atoms with Gasteiger partial charge in [-0.05, 0) is 18.2 Å². The second-order valence-corrected chi connectivity index (χ2v) is 6.74. The minimum absolute atomic E-state index is 0.0620. The Morgan fingerprint density at radius 1 is 1.21 bits per heavy atom. The number of Topliss-reactive ketones (excluding diaryl/α,β-unsaturated/α-hetero) is 1. The zero-order valence-electron chi connectivity index (χ0n) is 15.4. The van der Waals surface area contributed by atoms with Gasteiger partial charge in [-0.25, -0.2) is 0 Å². The maximum Gasteiger partial charge on any atom is 0.409 e. The third-order valence-electron chi connectivity index (χ3n) is 4.73. The zero-order chi connectivity index (χ0) is 21.0. The predicted molar refractivity (Wildman–Crippen MR) is 97.7 cm³/mol. The van der Waals surface area contributed by atoms with Gasteiger partial charge in [0.15, 0.2) is 12.1 Å². The van der Waals surface area contributed by atoms with Gasteiger partial charge < -0.3 is 15.0 Å². The Morgan fingerprint density at radius 2 is 1.93 bits per heavy atom. The fourth-order valence-electron chi connectivity index (χ4n) is 3.16. The number of allylic oxidation sites excluding steroid dienone is 1. The topological polar surface area (TPSA) is 79.0 Å². The van der Waals surface area contributed by atoms with Crippen LogP contribution in [0.3, 0.4) is 0 Å². The fraction of sp³-hybridized carbons (Fsp3) is 0.421. The van der Waals surface area contributed by atoms with Crippen molar-refractivity contribution < 1.29 is 32.3 Å². The van der Waals surface area contributed by atoms with Crippen LogP contribution < -0.4 is 10.1 Å². The first-order valence-electron chi connectivity index (χ1n) is 9.08. The number of fused-ring (bicyclic) bond motifs is 1. The molecule has 1 aromatic carbocycles. The van der Waals surface area contributed by atoms with Crippen LogP contribution in [-0.2, 0) is 9.59 Å². The van der Waals surface area contributed by atoms with Crippen LogP contribution >= 0.6 is 0 Å². The maximum absolute atomic E-state index is 12.4. The summed E-state index contributed by atoms with van der Waals surface area (Å²) in [6.45, 7) is 2.06. The molecule has 3 rings (SSSR count). The number of halogens is 3. The Morgan fingerprint density at radius 3 is 2.59 bits per heavy atom. The lowest BCUT2D eigenvalue weighted by molar-refractivity contribution is -0.128. The first-order valence-corrected chi connectivity index (χ1v) is 9.08. The van der Waals surface area contributed by atoms with Crippen molar-refractivity contribution in [2.45, 2.75) is 18.8 Å². The number of hydrogen-bond acceptors (Lipinski definition) is 6. The molecular weight excluding hydrogens is 391 g/mol. The molecule has 2 aliphatic heterocycles. The first kappa shape index (κ1) is 20.8. The number of piperazine rings is 1. The molecule has 2 aliphatic rings. The lowest BCUT2D eigenvalue weighted by Crippen LogP contribution is -2.48. The smallest absolute Gasteiger partial charge is 0.409 e. The summed E-state index contributed by atoms with van der Waals surface area (Å²) < 4.78 is 41.8. The molecule has 1 aromatic rings. The molecule has 10 heteroatoms. The molecule has 0 aromatic heterocycles. The van der Waals surface area contributed by atoms with E-state index in [1.807, 2.05) is 4.90 Å². The number of nitrogens with zero attached hydrogens (tertiary/aromatic N) is 2. The number of aldehydes is 1. The number of nitrogens with one attached hydrogen (secondary N) is 1. The molecular formula is C19H20F3N3O4. The average Bonchev–Trinajstić information content (AvgIpc) is 3.12. The van der Waals surface area contributed by atoms with E-state index in [0.717, 1.165) is 0 Å². The number of ketones is 1. The van der Waals surface area contributed by atoms with Crippen molar-refractivity contribution in [3.05, 3.63) is 35.9 Å². The third-order valence-corrected chi connectivity index (χ3v) is 4.73. The van der Waals surface area contributed by atoms with Gasteiger partial charge in [0.25, 0.3) is 0 Å². The lowest BCUT2D eigenvalue weighted by Gasteiger charge is -2.34. The van der Waals surface area contributed by atoms with Gasteiger partial charge in [0, 0.05) is 56.9 Å². The van der Waals surface area contributed by atoms with Crippen LogP contribution in [0, 0.1) is 0 Å². The van der Waals surface area contributed by atoms with Gasteiger partial charge in [-0.2, -0.15) is 13.2 Å². The van der Waals surface area contributed by atoms with Gasteiger partial charge >= 0.3 is 6.18 Å². The second-order valence-electron chi connectivity index (χ2n) is 6.74. The van der Waals surface area contributed by atoms with Gasteiger partial charge in [0.1, 0.15) is 5.75 Å². The van der Waals surface area contributed by atoms with E-state index >= 15 is 0 Å². The average molecular weight is 411 g/mol. The summed E-state index contributed by atoms with van der Waals surface area (Å²) >= 11 is 0. The van der Waals surface area contributed by atoms with Crippen LogP contribution in [0.1, 0.15) is 16.8 Å². The van der Waals surface area contributed by atoms with Gasteiger partial charge in [-0.3, -0.25) is 19.3 Å². The number of ether oxygens (including phenoxy) is 1. The van der Waals surface area contributed by atoms with Crippen LogP contribution in [0.5, 0.6) is 5.75 Å². The first-order chi connectivity index (χ1) is 13.7. The monoisotopic (exact) mass is 411 g/mol. The number of carbonyl (C=O) groups is 3. The van der Waals surface area contributed by atoms with E-state index in [1.165, 1.54) is 4.90 Å². The molecule has 156 valence electrons. The second kappa shape index (κ2) is 8.64. The molecule has 1 atom stereocenters. The Kier molecular flexibility index (Phi) is 6.21. The number of amides is 1. The molecule has 0 bridgehead atoms. The highest BCUT2D eigenvalue weighted by Gasteiger charge is 2.25. The number of anilines is 1. The molecule has 1 saturated heterocycles. The van der Waals surface area contributed by atoms with Crippen LogP contribution in [0.15, 0.2) is 30.4 Å². The summed E-state index contributed by atoms with van der Waals surface area (Å²) in [4.78, 5) is 38.3. The van der Waals surface area contributed by atoms with E-state index in [4.69, 9.17) is 4.74 Å². The Labute approximate surface area is 165 Å². The highest BCUT2D eigenvalue weighted by Crippen LogP contribution is 2.32. The van der Waals surface area contributed by atoms with E-state index in [9.17, 15) is 27.6 Å². The molecule has 0 aliphatic carbocycles. The van der Waals surface area contributed by atoms with Crippen LogP contribution in [-0.4, -0.2) is 72.9 Å². The molecule has 1 N–H and O–H groups in total. The van der Waals surface area contributed by atoms with E-state index < -0.39 is 18.3 Å². The Hall–Kier alpha value is -2.88. The molecule has 0 saturated carbocycles. The maximum atomic E-state index is 12.4. The van der Waals surface area contributed by atoms with Crippen molar-refractivity contribution in [3.8, 4) is 5.75 Å². The van der Waals surface area contributed by atoms with E-state index in [-0.39, 0.29) is 18.3 Å². The fourth-order valence-corrected chi connectivity index (χ4v) is 3.16. The molecule has 2 heterocycles. The Bertz CT molecular complexity index is 817. The predicted octanol–water partition coefficient (Wildman–Crippen LogP) is 1.85. The van der Waals surface area contributed by atoms with Gasteiger partial charge in [-0.1, -0.05) is 0 Å². The molecule has 1 fully saturated rings. The van der Waals surface area contributed by atoms with Crippen molar-refractivity contribution in [2.75, 3.05) is 38.0 Å². The quantitative estimate of drug-likeness (QED) is 0.437. The summed E-state index contributed by atoms with van der Waals surface area (Å²) in [5.41, 5.74) is 1.13. The minimum Gasteiger partial charge on any atom is -0.461 e. The number of benzene rings is 1. The van der Waals surface area contributed by atoms with Crippen LogP contribution in [0.25, 0.3) is 0 Å². The molecule has 0 spiro atoms. The minimum atomic E-state index is -4.51. The van der Waals surface area contributed by atoms with E-state index in [2.05, 4.69) is 5.32 Å². The lowest BCUT2D eigenvalue weighted by atomic mass is 10.1. The van der Waals surface area contributed by atoms with Crippen molar-refractivity contribution in [3.63, 3.8) is 0 Å². The molecule has 0 radical (unpaired) electrons. The van der Waals surface area contributed by atoms with E-state index in [1.54, 1.807) is 18.2 Å². The molecule has 1 amide bonds. The van der Waals surface area contributed by atoms with Crippen molar-refractivity contribution in [1.29, 1.82) is 0 Å². The largest absolute Gasteiger partial charge is 0.461 e. The van der Waals surface area contributed by atoms with Crippen LogP contribution in [0.2, 0.25) is 0 Å². The number of alkyl halides is 3. The van der Waals surface area contributed by atoms with Gasteiger partial charge in [0.05, 0.1) is 5.69 Å². The highest BCUT2D eigenvalue weighted by atomic mass is 19.4. The summed E-state index contributed by atoms with van der Waals surface area (Å²) in [6, 6.07) is 4.94. The highest BCUT2D eigenvalue weighted by molar-refractivity contribution is 5.97. The summed E-state index contributed by atoms with van der Waals surface area (Å²) in [5.74, 6) is -0.303. The standard InChI is InChI=1S/C19H20F3N3O4/c20-19(21,22)5-3-18(28)25-9-7-24(8-10-25)6-4-15(27)13-1-2-14-16(11-13)29-17(12-26)23-14/h1-3,5,11-12,17,23H,4,6-10H2/b5-3+. The van der Waals surface area contributed by atoms with Crippen molar-refractivity contribution >= 4 is 23.7 Å². The molecule has 1 unspecified atom stereocenters. The third kappa shape index (κ3) is 5.57. The molecule has 29 heavy (non-hydrogen) atoms. The summed E-state index contributed by atoms with van der Waals surface area (Å²) in [6.07, 6.45) is -3.90. The van der Waals surface area contributed by atoms with Crippen molar-refractivity contribution in [1.82, 2.24) is 9.80 Å². The van der Waals surface area contributed by atoms with Crippen LogP contribution in [0.4, 0.5) is 18.9 Å². The van der Waals surface area contributed by atoms with Gasteiger partial charge in [-0.15, -0.1) is 0 Å². The SMILES string of the molecule is O=CC1Nc2ccc(C(=O)CCN3CCN(C(=O)/C=C/C(F)(F)F)CC3)cc2O1. The van der Waals surface area contributed by atoms with Crippen molar-refractivity contribution in [2.24, 2.45) is 0 Å². The zero-order valence-corrected chi connectivity index (χ0v) is 15.4. The summed E-state index contributed by atoms with van der Waals surface area (Å²) in [7, 11) is 0. The number of carbonyl (C=O) groups excluding carboxylic acids is 3.